The second kappa shape index (κ2) is 9.88. The largest absolute Gasteiger partial charge is 0.487 e. The molecule has 1 unspecified atom stereocenters. The monoisotopic (exact) mass is 416 g/mol. The molecule has 7 heteroatoms. The molecular weight excluding hydrogens is 403 g/mol. The summed E-state index contributed by atoms with van der Waals surface area (Å²) in [6.45, 7) is 0. The molecule has 0 spiro atoms. The molecule has 0 aliphatic rings. The summed E-state index contributed by atoms with van der Waals surface area (Å²) in [5.41, 5.74) is 0. The number of hydrogen-bond acceptors (Lipinski definition) is 4. The van der Waals surface area contributed by atoms with Crippen LogP contribution in [-0.2, 0) is 4.74 Å². The van der Waals surface area contributed by atoms with E-state index in [0.717, 1.165) is 0 Å². The molecule has 0 aromatic heterocycles. The molecule has 0 heterocycles. The standard InChI is InChI=1S/C18H15Cl3O3S/c1-22-18(25)17(24-16-6-3-2-5-13(16)20)7-4-10-23-15-9-8-12(19)11-14(15)21/h2-6,8-11,17H,7H2,1H3. The summed E-state index contributed by atoms with van der Waals surface area (Å²) < 4.78 is 16.5. The Balaban J connectivity index is 2.00. The summed E-state index contributed by atoms with van der Waals surface area (Å²) in [5.74, 6) is 1.03. The first-order valence-electron chi connectivity index (χ1n) is 7.27. The molecule has 0 aliphatic carbocycles. The van der Waals surface area contributed by atoms with Crippen molar-refractivity contribution in [3.8, 4) is 11.5 Å². The molecule has 0 aliphatic heterocycles. The van der Waals surface area contributed by atoms with Crippen LogP contribution in [0.2, 0.25) is 15.1 Å². The minimum atomic E-state index is -0.486. The zero-order valence-corrected chi connectivity index (χ0v) is 16.3. The number of halogens is 3. The van der Waals surface area contributed by atoms with E-state index in [-0.39, 0.29) is 0 Å². The Morgan fingerprint density at radius 1 is 1.08 bits per heavy atom. The number of thiocarbonyl (C=S) groups is 1. The minimum absolute atomic E-state index is 0.314. The Labute approximate surface area is 167 Å². The number of methoxy groups -OCH3 is 1. The quantitative estimate of drug-likeness (QED) is 0.387. The highest BCUT2D eigenvalue weighted by Crippen LogP contribution is 2.28. The van der Waals surface area contributed by atoms with Crippen molar-refractivity contribution in [1.82, 2.24) is 0 Å². The molecule has 0 N–H and O–H groups in total. The normalized spacial score (nSPS) is 12.0. The van der Waals surface area contributed by atoms with Gasteiger partial charge in [0.1, 0.15) is 11.5 Å². The third-order valence-electron chi connectivity index (χ3n) is 3.11. The smallest absolute Gasteiger partial charge is 0.201 e. The zero-order valence-electron chi connectivity index (χ0n) is 13.2. The lowest BCUT2D eigenvalue weighted by atomic mass is 10.2. The van der Waals surface area contributed by atoms with E-state index in [1.54, 1.807) is 36.4 Å². The Morgan fingerprint density at radius 3 is 2.52 bits per heavy atom. The highest BCUT2D eigenvalue weighted by atomic mass is 35.5. The molecule has 0 bridgehead atoms. The number of para-hydroxylation sites is 1. The molecular formula is C18H15Cl3O3S. The average Bonchev–Trinajstić information content (AvgIpc) is 2.60. The Kier molecular flexibility index (Phi) is 7.85. The van der Waals surface area contributed by atoms with Crippen LogP contribution in [0.1, 0.15) is 6.42 Å². The Bertz CT molecular complexity index is 765. The number of rotatable bonds is 7. The van der Waals surface area contributed by atoms with Crippen LogP contribution in [0.25, 0.3) is 0 Å². The summed E-state index contributed by atoms with van der Waals surface area (Å²) in [6.07, 6.45) is 3.22. The van der Waals surface area contributed by atoms with Crippen LogP contribution < -0.4 is 9.47 Å². The van der Waals surface area contributed by atoms with E-state index in [4.69, 9.17) is 61.2 Å². The van der Waals surface area contributed by atoms with Gasteiger partial charge in [-0.3, -0.25) is 0 Å². The van der Waals surface area contributed by atoms with Crippen molar-refractivity contribution in [3.63, 3.8) is 0 Å². The van der Waals surface area contributed by atoms with Crippen LogP contribution in [0, 0.1) is 0 Å². The van der Waals surface area contributed by atoms with Crippen molar-refractivity contribution < 1.29 is 14.2 Å². The van der Waals surface area contributed by atoms with Gasteiger partial charge in [0.15, 0.2) is 6.10 Å². The Morgan fingerprint density at radius 2 is 1.84 bits per heavy atom. The van der Waals surface area contributed by atoms with Gasteiger partial charge in [-0.1, -0.05) is 46.9 Å². The van der Waals surface area contributed by atoms with E-state index >= 15 is 0 Å². The summed E-state index contributed by atoms with van der Waals surface area (Å²) in [5, 5.41) is 1.78. The maximum atomic E-state index is 6.11. The third-order valence-corrected chi connectivity index (χ3v) is 4.38. The van der Waals surface area contributed by atoms with Gasteiger partial charge in [0.2, 0.25) is 5.05 Å². The van der Waals surface area contributed by atoms with Crippen LogP contribution in [0.3, 0.4) is 0 Å². The highest BCUT2D eigenvalue weighted by Gasteiger charge is 2.17. The van der Waals surface area contributed by atoms with E-state index in [2.05, 4.69) is 0 Å². The van der Waals surface area contributed by atoms with Crippen LogP contribution in [0.5, 0.6) is 11.5 Å². The van der Waals surface area contributed by atoms with Crippen LogP contribution in [0.15, 0.2) is 54.8 Å². The van der Waals surface area contributed by atoms with Gasteiger partial charge in [-0.25, -0.2) is 0 Å². The van der Waals surface area contributed by atoms with Crippen molar-refractivity contribution in [3.05, 3.63) is 69.9 Å². The van der Waals surface area contributed by atoms with Crippen molar-refractivity contribution in [2.75, 3.05) is 7.11 Å². The molecule has 0 saturated carbocycles. The van der Waals surface area contributed by atoms with E-state index in [0.29, 0.717) is 38.0 Å². The maximum Gasteiger partial charge on any atom is 0.201 e. The van der Waals surface area contributed by atoms with Crippen molar-refractivity contribution in [1.29, 1.82) is 0 Å². The lowest BCUT2D eigenvalue weighted by molar-refractivity contribution is 0.234. The first kappa shape index (κ1) is 19.9. The summed E-state index contributed by atoms with van der Waals surface area (Å²) in [7, 11) is 1.50. The fraction of sp³-hybridized carbons (Fsp3) is 0.167. The lowest BCUT2D eigenvalue weighted by Crippen LogP contribution is -2.26. The van der Waals surface area contributed by atoms with Gasteiger partial charge in [0.25, 0.3) is 0 Å². The van der Waals surface area contributed by atoms with Crippen molar-refractivity contribution in [2.45, 2.75) is 12.5 Å². The van der Waals surface area contributed by atoms with Gasteiger partial charge in [-0.15, -0.1) is 0 Å². The molecule has 0 saturated heterocycles. The zero-order chi connectivity index (χ0) is 18.2. The van der Waals surface area contributed by atoms with E-state index in [1.165, 1.54) is 13.4 Å². The van der Waals surface area contributed by atoms with Gasteiger partial charge in [-0.05, 0) is 48.6 Å². The summed E-state index contributed by atoms with van der Waals surface area (Å²) in [4.78, 5) is 0. The Hall–Kier alpha value is -1.46. The van der Waals surface area contributed by atoms with Crippen LogP contribution in [0.4, 0.5) is 0 Å². The maximum absolute atomic E-state index is 6.11. The van der Waals surface area contributed by atoms with Gasteiger partial charge < -0.3 is 14.2 Å². The van der Waals surface area contributed by atoms with Gasteiger partial charge >= 0.3 is 0 Å². The van der Waals surface area contributed by atoms with Crippen LogP contribution in [-0.4, -0.2) is 18.3 Å². The molecule has 0 amide bonds. The van der Waals surface area contributed by atoms with Gasteiger partial charge in [0, 0.05) is 11.4 Å². The SMILES string of the molecule is COC(=S)C(CC=COc1ccc(Cl)cc1Cl)Oc1ccccc1Cl. The molecule has 25 heavy (non-hydrogen) atoms. The molecule has 2 aromatic carbocycles. The molecule has 2 rings (SSSR count). The number of benzene rings is 2. The third kappa shape index (κ3) is 6.08. The first-order chi connectivity index (χ1) is 12.0. The van der Waals surface area contributed by atoms with Crippen molar-refractivity contribution in [2.24, 2.45) is 0 Å². The molecule has 132 valence electrons. The van der Waals surface area contributed by atoms with Crippen molar-refractivity contribution >= 4 is 52.1 Å². The predicted octanol–water partition coefficient (Wildman–Crippen LogP) is 6.35. The summed E-state index contributed by atoms with van der Waals surface area (Å²) in [6, 6.07) is 12.1. The first-order valence-corrected chi connectivity index (χ1v) is 8.81. The summed E-state index contributed by atoms with van der Waals surface area (Å²) >= 11 is 23.2. The molecule has 1 atom stereocenters. The van der Waals surface area contributed by atoms with E-state index in [1.807, 2.05) is 12.1 Å². The second-order valence-corrected chi connectivity index (χ2v) is 6.51. The predicted molar refractivity (Wildman–Crippen MR) is 106 cm³/mol. The average molecular weight is 418 g/mol. The fourth-order valence-electron chi connectivity index (χ4n) is 1.89. The molecule has 0 radical (unpaired) electrons. The number of hydrogen-bond donors (Lipinski definition) is 0. The highest BCUT2D eigenvalue weighted by molar-refractivity contribution is 7.80. The molecule has 2 aromatic rings. The molecule has 3 nitrogen and oxygen atoms in total. The second-order valence-electron chi connectivity index (χ2n) is 4.86. The minimum Gasteiger partial charge on any atom is -0.487 e. The topological polar surface area (TPSA) is 27.7 Å². The fourth-order valence-corrected chi connectivity index (χ4v) is 2.67. The van der Waals surface area contributed by atoms with E-state index in [9.17, 15) is 0 Å². The van der Waals surface area contributed by atoms with E-state index < -0.39 is 6.10 Å². The number of ether oxygens (including phenoxy) is 3. The lowest BCUT2D eigenvalue weighted by Gasteiger charge is -2.18. The van der Waals surface area contributed by atoms with Crippen LogP contribution >= 0.6 is 47.0 Å². The molecule has 0 fully saturated rings. The van der Waals surface area contributed by atoms with Gasteiger partial charge in [0.05, 0.1) is 23.4 Å². The van der Waals surface area contributed by atoms with Gasteiger partial charge in [-0.2, -0.15) is 0 Å².